The first-order chi connectivity index (χ1) is 29.3. The topological polar surface area (TPSA) is 17.1 Å². The van der Waals surface area contributed by atoms with Crippen molar-refractivity contribution in [2.45, 2.75) is 0 Å². The third kappa shape index (κ3) is 13.3. The number of rotatable bonds is 9. The van der Waals surface area contributed by atoms with E-state index in [4.69, 9.17) is 4.79 Å². The molecule has 0 unspecified atom stereocenters. The van der Waals surface area contributed by atoms with Crippen molar-refractivity contribution in [1.82, 2.24) is 0 Å². The van der Waals surface area contributed by atoms with E-state index in [0.29, 0.717) is 0 Å². The fourth-order valence-corrected chi connectivity index (χ4v) is 13.5. The molecule has 0 atom stereocenters. The Bertz CT molecular complexity index is 1890. The molecule has 1 nitrogen and oxygen atoms in total. The number of hydrogen-bond acceptors (Lipinski definition) is 1. The molecule has 9 aromatic carbocycles. The van der Waals surface area contributed by atoms with E-state index in [9.17, 15) is 0 Å². The summed E-state index contributed by atoms with van der Waals surface area (Å²) in [6.45, 7) is 2.00. The molecule has 9 aromatic rings. The first-order valence-corrected chi connectivity index (χ1v) is 23.5. The molecule has 0 heterocycles. The van der Waals surface area contributed by atoms with Crippen LogP contribution in [-0.4, -0.2) is 6.79 Å². The SMILES string of the molecule is C=O.[H-].[Rh].c1ccc(P(c2ccccc2)c2ccccc2)cc1.c1ccc(P(c2ccccc2)c2ccccc2)cc1.c1ccc(P(c2ccccc2)c2ccccc2)cc1. The van der Waals surface area contributed by atoms with E-state index in [1.807, 2.05) is 6.79 Å². The van der Waals surface area contributed by atoms with Crippen LogP contribution in [0.25, 0.3) is 0 Å². The first-order valence-electron chi connectivity index (χ1n) is 19.5. The van der Waals surface area contributed by atoms with Gasteiger partial charge in [-0.1, -0.05) is 273 Å². The normalized spacial score (nSPS) is 10.1. The summed E-state index contributed by atoms with van der Waals surface area (Å²) in [6, 6.07) is 97.0. The van der Waals surface area contributed by atoms with Crippen molar-refractivity contribution in [1.29, 1.82) is 0 Å². The van der Waals surface area contributed by atoms with E-state index < -0.39 is 23.8 Å². The number of benzene rings is 9. The van der Waals surface area contributed by atoms with Crippen molar-refractivity contribution in [3.8, 4) is 0 Å². The molecule has 0 spiro atoms. The summed E-state index contributed by atoms with van der Waals surface area (Å²) in [4.78, 5) is 8.00. The van der Waals surface area contributed by atoms with Gasteiger partial charge in [0.1, 0.15) is 6.79 Å². The van der Waals surface area contributed by atoms with Crippen molar-refractivity contribution in [2.24, 2.45) is 0 Å². The monoisotopic (exact) mass is 920 g/mol. The molecule has 0 aromatic heterocycles. The minimum atomic E-state index is -0.446. The molecule has 299 valence electrons. The zero-order chi connectivity index (χ0) is 40.7. The summed E-state index contributed by atoms with van der Waals surface area (Å²) in [5, 5.41) is 12.6. The smallest absolute Gasteiger partial charge is 0.106 e. The summed E-state index contributed by atoms with van der Waals surface area (Å²) >= 11 is 0. The van der Waals surface area contributed by atoms with Gasteiger partial charge in [0.2, 0.25) is 0 Å². The van der Waals surface area contributed by atoms with Crippen molar-refractivity contribution < 1.29 is 25.7 Å². The molecule has 0 N–H and O–H groups in total. The molecule has 60 heavy (non-hydrogen) atoms. The van der Waals surface area contributed by atoms with Crippen LogP contribution in [0.5, 0.6) is 0 Å². The fourth-order valence-electron chi connectivity index (χ4n) is 6.54. The van der Waals surface area contributed by atoms with Gasteiger partial charge in [0.25, 0.3) is 0 Å². The average Bonchev–Trinajstić information content (AvgIpc) is 3.34. The molecule has 0 bridgehead atoms. The quantitative estimate of drug-likeness (QED) is 0.104. The number of carbonyl (C=O) groups is 1. The Balaban J connectivity index is 0.000000194. The molecule has 9 rings (SSSR count). The Morgan fingerprint density at radius 3 is 0.367 bits per heavy atom. The van der Waals surface area contributed by atoms with E-state index >= 15 is 0 Å². The molecular weight excluding hydrogens is 872 g/mol. The van der Waals surface area contributed by atoms with Gasteiger partial charge < -0.3 is 6.22 Å². The van der Waals surface area contributed by atoms with Crippen LogP contribution >= 0.6 is 23.8 Å². The second-order valence-corrected chi connectivity index (χ2v) is 19.7. The Morgan fingerprint density at radius 2 is 0.283 bits per heavy atom. The maximum Gasteiger partial charge on any atom is 0.106 e. The Morgan fingerprint density at radius 1 is 0.200 bits per heavy atom. The van der Waals surface area contributed by atoms with Crippen LogP contribution in [0.4, 0.5) is 0 Å². The van der Waals surface area contributed by atoms with Crippen LogP contribution in [0.1, 0.15) is 1.43 Å². The van der Waals surface area contributed by atoms with Gasteiger partial charge in [0.15, 0.2) is 0 Å². The van der Waals surface area contributed by atoms with E-state index in [1.165, 1.54) is 47.7 Å². The van der Waals surface area contributed by atoms with Crippen LogP contribution < -0.4 is 47.7 Å². The second kappa shape index (κ2) is 25.9. The van der Waals surface area contributed by atoms with Gasteiger partial charge in [-0.2, -0.15) is 0 Å². The molecule has 5 heteroatoms. The molecule has 0 aliphatic heterocycles. The van der Waals surface area contributed by atoms with Crippen molar-refractivity contribution >= 4 is 78.3 Å². The summed E-state index contributed by atoms with van der Waals surface area (Å²) in [5.74, 6) is 0. The zero-order valence-electron chi connectivity index (χ0n) is 34.3. The van der Waals surface area contributed by atoms with Crippen LogP contribution in [0, 0.1) is 0 Å². The number of carbonyl (C=O) groups excluding carboxylic acids is 1. The molecule has 0 fully saturated rings. The van der Waals surface area contributed by atoms with Crippen LogP contribution in [0.3, 0.4) is 0 Å². The molecule has 0 aliphatic carbocycles. The molecule has 0 saturated carbocycles. The second-order valence-electron chi connectivity index (χ2n) is 13.0. The van der Waals surface area contributed by atoms with Gasteiger partial charge in [0, 0.05) is 19.5 Å². The van der Waals surface area contributed by atoms with Crippen LogP contribution in [0.2, 0.25) is 0 Å². The van der Waals surface area contributed by atoms with Gasteiger partial charge in [-0.15, -0.1) is 0 Å². The first kappa shape index (κ1) is 45.6. The van der Waals surface area contributed by atoms with Crippen LogP contribution in [-0.2, 0) is 24.3 Å². The largest absolute Gasteiger partial charge is 1.00 e. The zero-order valence-corrected chi connectivity index (χ0v) is 37.6. The summed E-state index contributed by atoms with van der Waals surface area (Å²) in [5.41, 5.74) is 0. The standard InChI is InChI=1S/3C18H15P.CH2O.Rh.H/c3*1-4-10-16(11-5-1)19(17-12-6-2-7-13-17)18-14-8-3-9-15-18;1-2;;/h3*1-15H;1H2;;/q;;;;;-1. The average molecular weight is 921 g/mol. The van der Waals surface area contributed by atoms with Gasteiger partial charge in [-0.25, -0.2) is 0 Å². The predicted octanol–water partition coefficient (Wildman–Crippen LogP) is 10.3. The molecule has 0 amide bonds. The molecular formula is C55H48OP3Rh-. The van der Waals surface area contributed by atoms with E-state index in [-0.39, 0.29) is 20.9 Å². The molecule has 0 saturated heterocycles. The Hall–Kier alpha value is -5.44. The van der Waals surface area contributed by atoms with Gasteiger partial charge >= 0.3 is 0 Å². The van der Waals surface area contributed by atoms with Crippen molar-refractivity contribution in [3.63, 3.8) is 0 Å². The van der Waals surface area contributed by atoms with Gasteiger partial charge in [0.05, 0.1) is 0 Å². The Kier molecular flexibility index (Phi) is 19.7. The fraction of sp³-hybridized carbons (Fsp3) is 0. The van der Waals surface area contributed by atoms with Gasteiger partial charge in [-0.3, -0.25) is 0 Å². The van der Waals surface area contributed by atoms with E-state index in [0.717, 1.165) is 0 Å². The summed E-state index contributed by atoms with van der Waals surface area (Å²) in [7, 11) is -1.34. The minimum Gasteiger partial charge on any atom is -1.00 e. The van der Waals surface area contributed by atoms with Crippen molar-refractivity contribution in [2.75, 3.05) is 0 Å². The van der Waals surface area contributed by atoms with E-state index in [1.54, 1.807) is 0 Å². The third-order valence-corrected chi connectivity index (χ3v) is 16.5. The van der Waals surface area contributed by atoms with Gasteiger partial charge in [-0.05, 0) is 71.5 Å². The van der Waals surface area contributed by atoms with Crippen LogP contribution in [0.15, 0.2) is 273 Å². The maximum atomic E-state index is 8.00. The van der Waals surface area contributed by atoms with E-state index in [2.05, 4.69) is 273 Å². The number of hydrogen-bond donors (Lipinski definition) is 0. The third-order valence-electron chi connectivity index (χ3n) is 9.13. The Labute approximate surface area is 374 Å². The maximum absolute atomic E-state index is 8.00. The van der Waals surface area contributed by atoms with Crippen molar-refractivity contribution in [3.05, 3.63) is 273 Å². The molecule has 0 aliphatic rings. The minimum absolute atomic E-state index is 0. The summed E-state index contributed by atoms with van der Waals surface area (Å²) < 4.78 is 0. The summed E-state index contributed by atoms with van der Waals surface area (Å²) in [6.07, 6.45) is 0. The predicted molar refractivity (Wildman–Crippen MR) is 264 cm³/mol. The molecule has 1 radical (unpaired) electrons.